The number of hydrogen-bond acceptors (Lipinski definition) is 8. The Morgan fingerprint density at radius 2 is 0.844 bits per heavy atom. The number of rotatable bonds is 15. The monoisotopic (exact) mass is 1290 g/mol. The molecule has 0 aliphatic rings. The smallest absolute Gasteiger partial charge is 0.204 e. The van der Waals surface area contributed by atoms with Gasteiger partial charge in [-0.1, -0.05) is 297 Å². The van der Waals surface area contributed by atoms with E-state index < -0.39 is 0 Å². The molecule has 0 amide bonds. The molecule has 9 heteroatoms. The van der Waals surface area contributed by atoms with Crippen molar-refractivity contribution in [1.29, 1.82) is 0 Å². The zero-order valence-corrected chi connectivity index (χ0v) is 60.5. The van der Waals surface area contributed by atoms with E-state index in [2.05, 4.69) is 328 Å². The van der Waals surface area contributed by atoms with Gasteiger partial charge in [0.05, 0.1) is 14.2 Å². The van der Waals surface area contributed by atoms with Crippen LogP contribution >= 0.6 is 11.3 Å². The van der Waals surface area contributed by atoms with Gasteiger partial charge in [-0.05, 0) is 161 Å². The summed E-state index contributed by atoms with van der Waals surface area (Å²) in [5.41, 5.74) is 18.1. The summed E-state index contributed by atoms with van der Waals surface area (Å²) in [6.07, 6.45) is 8.47. The van der Waals surface area contributed by atoms with Crippen LogP contribution in [0.4, 0.5) is 0 Å². The lowest BCUT2D eigenvalue weighted by molar-refractivity contribution is 0.354. The summed E-state index contributed by atoms with van der Waals surface area (Å²) in [6.45, 7) is 34.5. The molecule has 0 radical (unpaired) electrons. The Kier molecular flexibility index (Phi) is 31.4. The van der Waals surface area contributed by atoms with Gasteiger partial charge >= 0.3 is 0 Å². The third kappa shape index (κ3) is 24.6. The van der Waals surface area contributed by atoms with E-state index in [9.17, 15) is 0 Å². The minimum atomic E-state index is 0.514. The van der Waals surface area contributed by atoms with E-state index >= 15 is 0 Å². The number of ether oxygens (including phenoxy) is 2. The lowest BCUT2D eigenvalue weighted by Crippen LogP contribution is -1.93. The highest BCUT2D eigenvalue weighted by molar-refractivity contribution is 7.13. The van der Waals surface area contributed by atoms with E-state index in [1.807, 2.05) is 54.2 Å². The Morgan fingerprint density at radius 3 is 1.34 bits per heavy atom. The molecule has 0 atom stereocenters. The molecule has 0 unspecified atom stereocenters. The van der Waals surface area contributed by atoms with Gasteiger partial charge in [0.2, 0.25) is 5.82 Å². The molecule has 0 aliphatic carbocycles. The van der Waals surface area contributed by atoms with Crippen LogP contribution in [0.3, 0.4) is 0 Å². The van der Waals surface area contributed by atoms with Gasteiger partial charge in [0.1, 0.15) is 5.01 Å². The van der Waals surface area contributed by atoms with Crippen LogP contribution < -0.4 is 9.47 Å². The molecule has 12 rings (SSSR count). The van der Waals surface area contributed by atoms with Gasteiger partial charge in [0, 0.05) is 35.1 Å². The molecular weight excluding hydrogens is 1190 g/mol. The maximum atomic E-state index is 5.20. The molecule has 0 saturated heterocycles. The van der Waals surface area contributed by atoms with Crippen molar-refractivity contribution in [2.45, 2.75) is 145 Å². The largest absolute Gasteiger partial charge is 0.493 e. The van der Waals surface area contributed by atoms with Crippen LogP contribution in [0.1, 0.15) is 183 Å². The van der Waals surface area contributed by atoms with Crippen LogP contribution in [0, 0.1) is 0 Å². The van der Waals surface area contributed by atoms with Crippen LogP contribution in [-0.2, 0) is 6.42 Å². The highest BCUT2D eigenvalue weighted by Crippen LogP contribution is 2.31. The molecule has 8 nitrogen and oxygen atoms in total. The van der Waals surface area contributed by atoms with Crippen LogP contribution in [0.2, 0.25) is 0 Å². The van der Waals surface area contributed by atoms with Crippen molar-refractivity contribution < 1.29 is 9.47 Å². The number of benzene rings is 9. The highest BCUT2D eigenvalue weighted by Gasteiger charge is 2.09. The Labute approximate surface area is 579 Å². The molecule has 0 spiro atoms. The van der Waals surface area contributed by atoms with E-state index in [0.29, 0.717) is 47.2 Å². The van der Waals surface area contributed by atoms with Gasteiger partial charge < -0.3 is 9.47 Å². The number of fused-ring (bicyclic) bond motifs is 1. The predicted molar refractivity (Wildman–Crippen MR) is 411 cm³/mol. The Balaban J connectivity index is 0.000000177. The number of allylic oxidation sites excluding steroid dienone is 1. The zero-order chi connectivity index (χ0) is 69.4. The maximum Gasteiger partial charge on any atom is 0.204 e. The number of aromatic amines is 1. The lowest BCUT2D eigenvalue weighted by atomic mass is 9.98. The van der Waals surface area contributed by atoms with Gasteiger partial charge in [-0.2, -0.15) is 5.21 Å². The lowest BCUT2D eigenvalue weighted by Gasteiger charge is -2.11. The molecule has 0 bridgehead atoms. The quantitative estimate of drug-likeness (QED) is 0.102. The molecule has 3 heterocycles. The van der Waals surface area contributed by atoms with Gasteiger partial charge in [-0.15, -0.1) is 28.1 Å². The van der Waals surface area contributed by atoms with E-state index in [1.54, 1.807) is 31.8 Å². The number of hydrogen-bond donors (Lipinski definition) is 1. The minimum absolute atomic E-state index is 0.514. The fraction of sp³-hybridized carbons (Fsp3) is 0.276. The van der Waals surface area contributed by atoms with Crippen LogP contribution in [-0.4, -0.2) is 44.8 Å². The molecule has 0 saturated carbocycles. The third-order valence-electron chi connectivity index (χ3n) is 16.1. The van der Waals surface area contributed by atoms with Crippen molar-refractivity contribution >= 4 is 22.1 Å². The fourth-order valence-electron chi connectivity index (χ4n) is 10.1. The first-order valence-corrected chi connectivity index (χ1v) is 34.6. The number of nitrogens with zero attached hydrogens (tertiary/aromatic N) is 5. The summed E-state index contributed by atoms with van der Waals surface area (Å²) < 4.78 is 10.3. The maximum absolute atomic E-state index is 5.20. The van der Waals surface area contributed by atoms with Crippen LogP contribution in [0.15, 0.2) is 261 Å². The molecule has 9 aromatic carbocycles. The van der Waals surface area contributed by atoms with E-state index in [0.717, 1.165) is 28.5 Å². The van der Waals surface area contributed by atoms with Crippen LogP contribution in [0.25, 0.3) is 55.0 Å². The summed E-state index contributed by atoms with van der Waals surface area (Å²) in [7, 11) is 3.30. The van der Waals surface area contributed by atoms with Crippen molar-refractivity contribution in [3.8, 4) is 55.7 Å². The van der Waals surface area contributed by atoms with Crippen molar-refractivity contribution in [3.63, 3.8) is 0 Å². The normalized spacial score (nSPS) is 10.6. The summed E-state index contributed by atoms with van der Waals surface area (Å²) in [5.74, 6) is 6.24. The summed E-state index contributed by atoms with van der Waals surface area (Å²) in [6, 6.07) is 78.7. The Morgan fingerprint density at radius 1 is 0.396 bits per heavy atom. The minimum Gasteiger partial charge on any atom is -0.493 e. The first kappa shape index (κ1) is 75.5. The number of aromatic nitrogens is 6. The fourth-order valence-corrected chi connectivity index (χ4v) is 10.7. The summed E-state index contributed by atoms with van der Waals surface area (Å²) >= 11 is 1.69. The zero-order valence-electron chi connectivity index (χ0n) is 59.7. The molecule has 96 heavy (non-hydrogen) atoms. The van der Waals surface area contributed by atoms with Gasteiger partial charge in [0.25, 0.3) is 0 Å². The van der Waals surface area contributed by atoms with Crippen molar-refractivity contribution in [1.82, 2.24) is 30.6 Å². The van der Waals surface area contributed by atoms with E-state index in [1.165, 1.54) is 83.1 Å². The average Bonchev–Trinajstić information content (AvgIpc) is 1.85. The van der Waals surface area contributed by atoms with E-state index in [-0.39, 0.29) is 0 Å². The average molecular weight is 1300 g/mol. The number of thiazole rings is 1. The molecule has 1 N–H and O–H groups in total. The van der Waals surface area contributed by atoms with Gasteiger partial charge in [0.15, 0.2) is 11.5 Å². The Hall–Kier alpha value is -9.57. The summed E-state index contributed by atoms with van der Waals surface area (Å²) in [5, 5.41) is 19.6. The number of methoxy groups -OCH3 is 2. The standard InChI is InChI=1S/C15H16.C14H15N.C13H14.C12H13NS.C12H16.C11H16O2.C10H12N4/c1-12(2)14-9-6-10-15(11-14)13-7-4-3-5-8-13;1-11(2)12-5-3-6-13(9-12)14-7-4-8-15-10-14;1-10(2)12-8-7-11-5-3-4-6-13(11)9-12;1-9(2)10-4-3-5-11(8-10)12-13-6-7-14-12;1-4-6-11-7-5-8-12(9-11)10(2)3;1-8(2)9-5-6-10(12-3)11(7-9)13-4;1-7(2)8-4-3-5-9(6-8)10-11-13-14-12-10/h3-12H,1-2H3;3-11H,1-2H3;3-10H,1-2H3;3-9H,1-2H3;4-5,7-10H,1,6H2,2-3H3;5-8H,1-4H3;3-7H,1-2H3,(H,11,12,13,14). The van der Waals surface area contributed by atoms with Crippen LogP contribution in [0.5, 0.6) is 11.5 Å². The second kappa shape index (κ2) is 40.0. The van der Waals surface area contributed by atoms with Crippen molar-refractivity contribution in [2.75, 3.05) is 14.2 Å². The van der Waals surface area contributed by atoms with Crippen molar-refractivity contribution in [3.05, 3.63) is 306 Å². The number of pyridine rings is 1. The second-order valence-electron chi connectivity index (χ2n) is 25.7. The predicted octanol–water partition coefficient (Wildman–Crippen LogP) is 24.6. The molecular formula is C87H102N6O2S. The molecule has 12 aromatic rings. The first-order valence-electron chi connectivity index (χ1n) is 33.7. The molecule has 3 aromatic heterocycles. The van der Waals surface area contributed by atoms with E-state index in [4.69, 9.17) is 9.47 Å². The summed E-state index contributed by atoms with van der Waals surface area (Å²) in [4.78, 5) is 8.44. The molecule has 0 aliphatic heterocycles. The first-order chi connectivity index (χ1) is 46.3. The topological polar surface area (TPSA) is 98.7 Å². The highest BCUT2D eigenvalue weighted by atomic mass is 32.1. The van der Waals surface area contributed by atoms with Crippen molar-refractivity contribution in [2.24, 2.45) is 0 Å². The molecule has 498 valence electrons. The third-order valence-corrected chi connectivity index (χ3v) is 16.9. The van der Waals surface area contributed by atoms with Gasteiger partial charge in [-0.25, -0.2) is 4.98 Å². The Bertz CT molecular complexity index is 3970. The number of tetrazole rings is 1. The number of nitrogens with one attached hydrogen (secondary N) is 1. The SMILES string of the molecule is C=CCc1cccc(C(C)C)c1.CC(C)c1ccc2ccccc2c1.CC(C)c1cccc(-c2ccccc2)c1.CC(C)c1cccc(-c2cccnc2)c1.CC(C)c1cccc(-c2nccs2)c1.CC(C)c1cccc(-c2nn[nH]n2)c1.COc1ccc(C(C)C)cc1OC. The van der Waals surface area contributed by atoms with Gasteiger partial charge in [-0.3, -0.25) is 4.98 Å². The second-order valence-corrected chi connectivity index (χ2v) is 26.6. The molecule has 0 fully saturated rings. The number of H-pyrrole nitrogens is 1.